The number of hydrogen-bond acceptors (Lipinski definition) is 6. The maximum absolute atomic E-state index is 12.5. The smallest absolute Gasteiger partial charge is 0.270 e. The number of rotatable bonds is 8. The van der Waals surface area contributed by atoms with Gasteiger partial charge in [0.15, 0.2) is 4.34 Å². The van der Waals surface area contributed by atoms with Crippen LogP contribution in [0.5, 0.6) is 0 Å². The minimum Gasteiger partial charge on any atom is -0.355 e. The average molecular weight is 416 g/mol. The van der Waals surface area contributed by atoms with Crippen LogP contribution in [0.3, 0.4) is 0 Å². The molecular formula is C20H21N3O3S2. The molecule has 6 nitrogen and oxygen atoms in total. The van der Waals surface area contributed by atoms with Gasteiger partial charge in [0.2, 0.25) is 5.91 Å². The van der Waals surface area contributed by atoms with Crippen LogP contribution in [-0.2, 0) is 4.79 Å². The van der Waals surface area contributed by atoms with Crippen molar-refractivity contribution in [1.29, 1.82) is 0 Å². The van der Waals surface area contributed by atoms with E-state index >= 15 is 0 Å². The largest absolute Gasteiger partial charge is 0.355 e. The maximum atomic E-state index is 12.5. The summed E-state index contributed by atoms with van der Waals surface area (Å²) in [5, 5.41) is 13.6. The number of amides is 1. The molecule has 28 heavy (non-hydrogen) atoms. The first-order valence-electron chi connectivity index (χ1n) is 9.02. The lowest BCUT2D eigenvalue weighted by Crippen LogP contribution is -2.34. The molecule has 0 spiro atoms. The van der Waals surface area contributed by atoms with Crippen molar-refractivity contribution in [3.05, 3.63) is 64.2 Å². The number of thioether (sulfide) groups is 1. The van der Waals surface area contributed by atoms with Crippen molar-refractivity contribution in [2.24, 2.45) is 0 Å². The number of nitrogens with one attached hydrogen (secondary N) is 1. The molecule has 8 heteroatoms. The van der Waals surface area contributed by atoms with Gasteiger partial charge in [0.25, 0.3) is 5.69 Å². The van der Waals surface area contributed by atoms with E-state index in [1.54, 1.807) is 6.07 Å². The number of carbonyl (C=O) groups excluding carboxylic acids is 1. The number of nitrogens with zero attached hydrogens (tertiary/aromatic N) is 2. The SMILES string of the molecule is CC[C@H](CNC(=O)[C@@H](C)Sc1nc2ccc([N+](=O)[O-])cc2s1)c1ccccc1. The van der Waals surface area contributed by atoms with Gasteiger partial charge >= 0.3 is 0 Å². The minimum absolute atomic E-state index is 0.0374. The van der Waals surface area contributed by atoms with Gasteiger partial charge < -0.3 is 5.32 Å². The number of thiazole rings is 1. The second-order valence-corrected chi connectivity index (χ2v) is 9.03. The Kier molecular flexibility index (Phi) is 6.64. The molecule has 2 atom stereocenters. The van der Waals surface area contributed by atoms with E-state index in [-0.39, 0.29) is 22.8 Å². The summed E-state index contributed by atoms with van der Waals surface area (Å²) in [6.07, 6.45) is 0.947. The van der Waals surface area contributed by atoms with E-state index in [1.165, 1.54) is 40.8 Å². The molecule has 1 aromatic heterocycles. The zero-order valence-corrected chi connectivity index (χ0v) is 17.3. The number of hydrogen-bond donors (Lipinski definition) is 1. The van der Waals surface area contributed by atoms with Gasteiger partial charge in [-0.25, -0.2) is 4.98 Å². The van der Waals surface area contributed by atoms with Crippen LogP contribution in [-0.4, -0.2) is 27.6 Å². The Labute approximate surface area is 171 Å². The zero-order chi connectivity index (χ0) is 20.1. The van der Waals surface area contributed by atoms with Crippen LogP contribution in [0.1, 0.15) is 31.7 Å². The summed E-state index contributed by atoms with van der Waals surface area (Å²) >= 11 is 2.74. The first kappa shape index (κ1) is 20.3. The molecule has 0 saturated heterocycles. The van der Waals surface area contributed by atoms with Crippen molar-refractivity contribution >= 4 is 44.9 Å². The van der Waals surface area contributed by atoms with Crippen molar-refractivity contribution in [2.75, 3.05) is 6.54 Å². The highest BCUT2D eigenvalue weighted by atomic mass is 32.2. The Balaban J connectivity index is 1.60. The number of nitro groups is 1. The fourth-order valence-corrected chi connectivity index (χ4v) is 5.12. The lowest BCUT2D eigenvalue weighted by Gasteiger charge is -2.17. The van der Waals surface area contributed by atoms with Gasteiger partial charge in [-0.1, -0.05) is 49.0 Å². The van der Waals surface area contributed by atoms with Crippen molar-refractivity contribution in [3.8, 4) is 0 Å². The van der Waals surface area contributed by atoms with E-state index < -0.39 is 4.92 Å². The fraction of sp³-hybridized carbons (Fsp3) is 0.300. The van der Waals surface area contributed by atoms with Crippen molar-refractivity contribution in [1.82, 2.24) is 10.3 Å². The molecule has 3 aromatic rings. The molecule has 0 fully saturated rings. The standard InChI is InChI=1S/C20H21N3O3S2/c1-3-14(15-7-5-4-6-8-15)12-21-19(24)13(2)27-20-22-17-10-9-16(23(25)26)11-18(17)28-20/h4-11,13-14H,3,12H2,1-2H3,(H,21,24)/t13-,14-/m1/s1. The Morgan fingerprint density at radius 2 is 2.04 bits per heavy atom. The monoisotopic (exact) mass is 415 g/mol. The van der Waals surface area contributed by atoms with Gasteiger partial charge in [0.05, 0.1) is 20.4 Å². The second-order valence-electron chi connectivity index (χ2n) is 6.41. The Morgan fingerprint density at radius 1 is 1.29 bits per heavy atom. The van der Waals surface area contributed by atoms with E-state index in [9.17, 15) is 14.9 Å². The molecular weight excluding hydrogens is 394 g/mol. The van der Waals surface area contributed by atoms with Gasteiger partial charge in [-0.3, -0.25) is 14.9 Å². The molecule has 0 unspecified atom stereocenters. The Hall–Kier alpha value is -2.45. The summed E-state index contributed by atoms with van der Waals surface area (Å²) in [6, 6.07) is 14.8. The number of carbonyl (C=O) groups is 1. The predicted octanol–water partition coefficient (Wildman–Crippen LogP) is 5.00. The van der Waals surface area contributed by atoms with Crippen LogP contribution in [0.25, 0.3) is 10.2 Å². The summed E-state index contributed by atoms with van der Waals surface area (Å²) in [5.41, 5.74) is 1.98. The van der Waals surface area contributed by atoms with Crippen LogP contribution >= 0.6 is 23.1 Å². The summed E-state index contributed by atoms with van der Waals surface area (Å²) in [5.74, 6) is 0.245. The molecule has 0 bridgehead atoms. The van der Waals surface area contributed by atoms with E-state index in [0.717, 1.165) is 15.5 Å². The maximum Gasteiger partial charge on any atom is 0.270 e. The number of aromatic nitrogens is 1. The third-order valence-corrected chi connectivity index (χ3v) is 6.71. The molecule has 0 radical (unpaired) electrons. The molecule has 1 N–H and O–H groups in total. The quantitative estimate of drug-likeness (QED) is 0.318. The third kappa shape index (κ3) is 4.88. The molecule has 146 valence electrons. The van der Waals surface area contributed by atoms with E-state index in [1.807, 2.05) is 25.1 Å². The fourth-order valence-electron chi connectivity index (χ4n) is 2.85. The molecule has 2 aromatic carbocycles. The van der Waals surface area contributed by atoms with Crippen LogP contribution < -0.4 is 5.32 Å². The molecule has 0 saturated carbocycles. The number of fused-ring (bicyclic) bond motifs is 1. The summed E-state index contributed by atoms with van der Waals surface area (Å²) in [6.45, 7) is 4.55. The number of non-ortho nitro benzene ring substituents is 1. The third-order valence-electron chi connectivity index (χ3n) is 4.50. The molecule has 0 aliphatic heterocycles. The Bertz CT molecular complexity index is 975. The van der Waals surface area contributed by atoms with Crippen molar-refractivity contribution in [3.63, 3.8) is 0 Å². The molecule has 3 rings (SSSR count). The van der Waals surface area contributed by atoms with Crippen LogP contribution in [0.2, 0.25) is 0 Å². The highest BCUT2D eigenvalue weighted by Gasteiger charge is 2.19. The predicted molar refractivity (Wildman–Crippen MR) is 114 cm³/mol. The highest BCUT2D eigenvalue weighted by molar-refractivity contribution is 8.02. The summed E-state index contributed by atoms with van der Waals surface area (Å²) < 4.78 is 1.48. The van der Waals surface area contributed by atoms with E-state index in [4.69, 9.17) is 0 Å². The number of nitro benzene ring substituents is 1. The zero-order valence-electron chi connectivity index (χ0n) is 15.6. The summed E-state index contributed by atoms with van der Waals surface area (Å²) in [7, 11) is 0. The average Bonchev–Trinajstić information content (AvgIpc) is 3.10. The van der Waals surface area contributed by atoms with Gasteiger partial charge in [-0.15, -0.1) is 11.3 Å². The second kappa shape index (κ2) is 9.16. The van der Waals surface area contributed by atoms with Crippen LogP contribution in [0.4, 0.5) is 5.69 Å². The van der Waals surface area contributed by atoms with Gasteiger partial charge in [-0.05, 0) is 25.0 Å². The van der Waals surface area contributed by atoms with Gasteiger partial charge in [-0.2, -0.15) is 0 Å². The van der Waals surface area contributed by atoms with Crippen LogP contribution in [0, 0.1) is 10.1 Å². The first-order chi connectivity index (χ1) is 13.5. The molecule has 0 aliphatic carbocycles. The topological polar surface area (TPSA) is 85.1 Å². The van der Waals surface area contributed by atoms with Gasteiger partial charge in [0.1, 0.15) is 0 Å². The normalized spacial score (nSPS) is 13.2. The molecule has 1 amide bonds. The highest BCUT2D eigenvalue weighted by Crippen LogP contribution is 2.33. The minimum atomic E-state index is -0.418. The molecule has 0 aliphatic rings. The van der Waals surface area contributed by atoms with E-state index in [2.05, 4.69) is 29.4 Å². The van der Waals surface area contributed by atoms with Gasteiger partial charge in [0, 0.05) is 24.6 Å². The first-order valence-corrected chi connectivity index (χ1v) is 10.7. The Morgan fingerprint density at radius 3 is 2.71 bits per heavy atom. The van der Waals surface area contributed by atoms with E-state index in [0.29, 0.717) is 12.1 Å². The summed E-state index contributed by atoms with van der Waals surface area (Å²) in [4.78, 5) is 27.5. The van der Waals surface area contributed by atoms with Crippen molar-refractivity contribution < 1.29 is 9.72 Å². The van der Waals surface area contributed by atoms with Crippen LogP contribution in [0.15, 0.2) is 52.9 Å². The molecule has 1 heterocycles. The van der Waals surface area contributed by atoms with Crippen molar-refractivity contribution in [2.45, 2.75) is 35.8 Å². The lowest BCUT2D eigenvalue weighted by molar-refractivity contribution is -0.384. The number of benzene rings is 2. The lowest BCUT2D eigenvalue weighted by atomic mass is 9.96.